The highest BCUT2D eigenvalue weighted by atomic mass is 35.5. The van der Waals surface area contributed by atoms with Gasteiger partial charge in [-0.05, 0) is 30.3 Å². The van der Waals surface area contributed by atoms with Crippen LogP contribution < -0.4 is 10.6 Å². The molecule has 0 aliphatic rings. The van der Waals surface area contributed by atoms with E-state index in [1.807, 2.05) is 30.3 Å². The molecule has 7 nitrogen and oxygen atoms in total. The van der Waals surface area contributed by atoms with Crippen LogP contribution in [0, 0.1) is 0 Å². The lowest BCUT2D eigenvalue weighted by Crippen LogP contribution is -2.04. The molecule has 2 aromatic carbocycles. The van der Waals surface area contributed by atoms with Crippen LogP contribution in [-0.2, 0) is 4.74 Å². The van der Waals surface area contributed by atoms with Gasteiger partial charge in [0.1, 0.15) is 0 Å². The summed E-state index contributed by atoms with van der Waals surface area (Å²) in [4.78, 5) is 16.0. The molecule has 0 radical (unpaired) electrons. The number of aromatic nitrogens is 3. The van der Waals surface area contributed by atoms with E-state index in [1.165, 1.54) is 13.3 Å². The van der Waals surface area contributed by atoms with Gasteiger partial charge >= 0.3 is 5.97 Å². The van der Waals surface area contributed by atoms with Crippen LogP contribution in [0.1, 0.15) is 10.4 Å². The molecule has 0 atom stereocenters. The van der Waals surface area contributed by atoms with Crippen molar-refractivity contribution in [3.63, 3.8) is 0 Å². The first-order valence-corrected chi connectivity index (χ1v) is 7.70. The summed E-state index contributed by atoms with van der Waals surface area (Å²) in [7, 11) is 1.32. The number of methoxy groups -OCH3 is 1. The zero-order valence-corrected chi connectivity index (χ0v) is 14.0. The van der Waals surface area contributed by atoms with Crippen molar-refractivity contribution in [3.05, 3.63) is 65.3 Å². The first kappa shape index (κ1) is 16.7. The van der Waals surface area contributed by atoms with Crippen molar-refractivity contribution >= 4 is 40.7 Å². The number of hydrogen-bond donors (Lipinski definition) is 2. The van der Waals surface area contributed by atoms with Gasteiger partial charge in [0.05, 0.1) is 29.6 Å². The van der Waals surface area contributed by atoms with Crippen LogP contribution in [-0.4, -0.2) is 28.3 Å². The summed E-state index contributed by atoms with van der Waals surface area (Å²) in [6.45, 7) is 0. The molecule has 0 bridgehead atoms. The number of nitrogens with zero attached hydrogens (tertiary/aromatic N) is 3. The Kier molecular flexibility index (Phi) is 5.06. The molecule has 0 aliphatic heterocycles. The molecule has 0 saturated heterocycles. The zero-order valence-electron chi connectivity index (χ0n) is 13.2. The van der Waals surface area contributed by atoms with Crippen LogP contribution in [0.2, 0.25) is 5.02 Å². The van der Waals surface area contributed by atoms with Crippen LogP contribution in [0.4, 0.5) is 23.1 Å². The van der Waals surface area contributed by atoms with Crippen molar-refractivity contribution in [1.29, 1.82) is 0 Å². The van der Waals surface area contributed by atoms with Gasteiger partial charge in [0.15, 0.2) is 5.82 Å². The summed E-state index contributed by atoms with van der Waals surface area (Å²) in [5, 5.41) is 14.4. The molecule has 0 aliphatic carbocycles. The number of rotatable bonds is 5. The van der Waals surface area contributed by atoms with Gasteiger partial charge in [-0.15, -0.1) is 5.10 Å². The highest BCUT2D eigenvalue weighted by Crippen LogP contribution is 2.26. The van der Waals surface area contributed by atoms with E-state index >= 15 is 0 Å². The molecule has 0 unspecified atom stereocenters. The number of benzene rings is 2. The van der Waals surface area contributed by atoms with Crippen molar-refractivity contribution < 1.29 is 9.53 Å². The van der Waals surface area contributed by atoms with Gasteiger partial charge in [-0.1, -0.05) is 29.8 Å². The summed E-state index contributed by atoms with van der Waals surface area (Å²) < 4.78 is 4.71. The Balaban J connectivity index is 1.81. The maximum Gasteiger partial charge on any atom is 0.337 e. The average Bonchev–Trinajstić information content (AvgIpc) is 2.64. The molecule has 1 heterocycles. The van der Waals surface area contributed by atoms with Gasteiger partial charge in [-0.25, -0.2) is 4.79 Å². The molecular weight excluding hydrogens is 342 g/mol. The van der Waals surface area contributed by atoms with Crippen LogP contribution in [0.5, 0.6) is 0 Å². The Morgan fingerprint density at radius 1 is 1.12 bits per heavy atom. The third-order valence-corrected chi connectivity index (χ3v) is 3.57. The van der Waals surface area contributed by atoms with Crippen LogP contribution >= 0.6 is 11.6 Å². The second-order valence-corrected chi connectivity index (χ2v) is 5.37. The van der Waals surface area contributed by atoms with E-state index in [1.54, 1.807) is 18.2 Å². The van der Waals surface area contributed by atoms with Crippen molar-refractivity contribution in [2.24, 2.45) is 0 Å². The van der Waals surface area contributed by atoms with Gasteiger partial charge in [0.2, 0.25) is 5.95 Å². The summed E-state index contributed by atoms with van der Waals surface area (Å²) >= 11 is 6.17. The predicted molar refractivity (Wildman–Crippen MR) is 95.6 cm³/mol. The highest BCUT2D eigenvalue weighted by Gasteiger charge is 2.10. The quantitative estimate of drug-likeness (QED) is 0.673. The lowest BCUT2D eigenvalue weighted by molar-refractivity contribution is 0.0601. The Bertz CT molecular complexity index is 889. The number of para-hydroxylation sites is 1. The second kappa shape index (κ2) is 7.59. The third-order valence-electron chi connectivity index (χ3n) is 3.24. The largest absolute Gasteiger partial charge is 0.465 e. The number of carbonyl (C=O) groups excluding carboxylic acids is 1. The van der Waals surface area contributed by atoms with E-state index in [-0.39, 0.29) is 0 Å². The van der Waals surface area contributed by atoms with Crippen molar-refractivity contribution in [3.8, 4) is 0 Å². The first-order chi connectivity index (χ1) is 12.2. The number of esters is 1. The summed E-state index contributed by atoms with van der Waals surface area (Å²) in [5.74, 6) is 0.306. The number of ether oxygens (including phenoxy) is 1. The van der Waals surface area contributed by atoms with Crippen LogP contribution in [0.3, 0.4) is 0 Å². The second-order valence-electron chi connectivity index (χ2n) is 4.97. The van der Waals surface area contributed by atoms with Gasteiger partial charge in [-0.3, -0.25) is 0 Å². The number of halogens is 1. The summed E-state index contributed by atoms with van der Waals surface area (Å²) in [6, 6.07) is 14.3. The molecule has 3 rings (SSSR count). The van der Waals surface area contributed by atoms with Crippen molar-refractivity contribution in [2.45, 2.75) is 0 Å². The Hall–Kier alpha value is -3.19. The zero-order chi connectivity index (χ0) is 17.6. The van der Waals surface area contributed by atoms with Crippen molar-refractivity contribution in [1.82, 2.24) is 15.2 Å². The molecule has 0 fully saturated rings. The molecule has 2 N–H and O–H groups in total. The van der Waals surface area contributed by atoms with E-state index in [0.29, 0.717) is 28.0 Å². The fourth-order valence-electron chi connectivity index (χ4n) is 2.07. The van der Waals surface area contributed by atoms with E-state index in [0.717, 1.165) is 5.69 Å². The van der Waals surface area contributed by atoms with Gasteiger partial charge < -0.3 is 15.4 Å². The van der Waals surface area contributed by atoms with E-state index in [9.17, 15) is 4.79 Å². The molecule has 3 aromatic rings. The molecule has 126 valence electrons. The Morgan fingerprint density at radius 2 is 1.92 bits per heavy atom. The number of hydrogen-bond acceptors (Lipinski definition) is 7. The fourth-order valence-corrected chi connectivity index (χ4v) is 2.24. The fraction of sp³-hybridized carbons (Fsp3) is 0.0588. The maximum absolute atomic E-state index is 11.6. The van der Waals surface area contributed by atoms with E-state index in [2.05, 4.69) is 25.8 Å². The van der Waals surface area contributed by atoms with Crippen LogP contribution in [0.15, 0.2) is 54.7 Å². The van der Waals surface area contributed by atoms with Crippen LogP contribution in [0.25, 0.3) is 0 Å². The first-order valence-electron chi connectivity index (χ1n) is 7.32. The smallest absolute Gasteiger partial charge is 0.337 e. The molecule has 8 heteroatoms. The van der Waals surface area contributed by atoms with Gasteiger partial charge in [0, 0.05) is 5.69 Å². The number of nitrogens with one attached hydrogen (secondary N) is 2. The molecule has 25 heavy (non-hydrogen) atoms. The topological polar surface area (TPSA) is 89.0 Å². The Morgan fingerprint density at radius 3 is 2.68 bits per heavy atom. The Labute approximate surface area is 149 Å². The monoisotopic (exact) mass is 355 g/mol. The predicted octanol–water partition coefficient (Wildman–Crippen LogP) is 3.80. The minimum Gasteiger partial charge on any atom is -0.465 e. The van der Waals surface area contributed by atoms with Crippen molar-refractivity contribution in [2.75, 3.05) is 17.7 Å². The standard InChI is InChI=1S/C17H14ClN5O2/c1-25-16(24)11-7-8-13(18)14(9-11)21-15-10-19-23-17(22-15)20-12-5-3-2-4-6-12/h2-10H,1H3,(H2,20,21,22,23). The molecule has 1 aromatic heterocycles. The summed E-state index contributed by atoms with van der Waals surface area (Å²) in [6.07, 6.45) is 1.46. The molecule has 0 saturated carbocycles. The number of anilines is 4. The molecular formula is C17H14ClN5O2. The lowest BCUT2D eigenvalue weighted by Gasteiger charge is -2.10. The average molecular weight is 356 g/mol. The van der Waals surface area contributed by atoms with Gasteiger partial charge in [0.25, 0.3) is 0 Å². The number of carbonyl (C=O) groups is 1. The van der Waals surface area contributed by atoms with E-state index < -0.39 is 5.97 Å². The normalized spacial score (nSPS) is 10.2. The SMILES string of the molecule is COC(=O)c1ccc(Cl)c(Nc2cnnc(Nc3ccccc3)n2)c1. The molecule has 0 spiro atoms. The summed E-state index contributed by atoms with van der Waals surface area (Å²) in [5.41, 5.74) is 1.72. The third kappa shape index (κ3) is 4.21. The maximum atomic E-state index is 11.6. The minimum absolute atomic E-state index is 0.330. The highest BCUT2D eigenvalue weighted by molar-refractivity contribution is 6.33. The minimum atomic E-state index is -0.452. The van der Waals surface area contributed by atoms with Gasteiger partial charge in [-0.2, -0.15) is 10.1 Å². The van der Waals surface area contributed by atoms with E-state index in [4.69, 9.17) is 16.3 Å². The lowest BCUT2D eigenvalue weighted by atomic mass is 10.2. The molecule has 0 amide bonds.